The Hall–Kier alpha value is -1.79. The molecule has 1 aromatic rings. The maximum atomic E-state index is 12.3. The van der Waals surface area contributed by atoms with Crippen molar-refractivity contribution in [2.24, 2.45) is 5.92 Å². The molecule has 2 amide bonds. The van der Waals surface area contributed by atoms with E-state index in [1.54, 1.807) is 14.0 Å². The van der Waals surface area contributed by atoms with Crippen molar-refractivity contribution in [1.82, 2.24) is 15.1 Å². The van der Waals surface area contributed by atoms with Crippen LogP contribution in [0.15, 0.2) is 24.3 Å². The molecule has 0 aliphatic carbocycles. The first kappa shape index (κ1) is 19.5. The normalized spacial score (nSPS) is 17.1. The minimum absolute atomic E-state index is 0.0652. The van der Waals surface area contributed by atoms with E-state index in [1.807, 2.05) is 24.3 Å². The van der Waals surface area contributed by atoms with Crippen molar-refractivity contribution in [3.05, 3.63) is 34.9 Å². The molecule has 0 aromatic heterocycles. The van der Waals surface area contributed by atoms with Crippen LogP contribution in [0, 0.1) is 5.92 Å². The van der Waals surface area contributed by atoms with Gasteiger partial charge in [-0.1, -0.05) is 30.7 Å². The molecule has 2 rings (SSSR count). The second-order valence-electron chi connectivity index (χ2n) is 6.62. The summed E-state index contributed by atoms with van der Waals surface area (Å²) in [5, 5.41) is 12.6. The number of rotatable bonds is 7. The van der Waals surface area contributed by atoms with Crippen molar-refractivity contribution >= 4 is 23.6 Å². The summed E-state index contributed by atoms with van der Waals surface area (Å²) in [6.07, 6.45) is 2.31. The standard InChI is InChI=1S/C18H26ClN3O3/c1-13(17(23)24)12-21(2)18(25)20-11-16(22-8-3-4-9-22)14-6-5-7-15(19)10-14/h5-7,10,13,16H,3-4,8-9,11-12H2,1-2H3,(H,20,25)(H,23,24). The zero-order valence-electron chi connectivity index (χ0n) is 14.7. The van der Waals surface area contributed by atoms with Gasteiger partial charge in [-0.2, -0.15) is 0 Å². The predicted molar refractivity (Wildman–Crippen MR) is 97.8 cm³/mol. The first-order valence-electron chi connectivity index (χ1n) is 8.59. The first-order valence-corrected chi connectivity index (χ1v) is 8.97. The molecule has 0 radical (unpaired) electrons. The number of carbonyl (C=O) groups is 2. The summed E-state index contributed by atoms with van der Waals surface area (Å²) in [7, 11) is 1.61. The van der Waals surface area contributed by atoms with Crippen molar-refractivity contribution < 1.29 is 14.7 Å². The Balaban J connectivity index is 1.99. The molecule has 2 unspecified atom stereocenters. The zero-order chi connectivity index (χ0) is 18.4. The van der Waals surface area contributed by atoms with Gasteiger partial charge in [0.1, 0.15) is 0 Å². The topological polar surface area (TPSA) is 72.9 Å². The van der Waals surface area contributed by atoms with Gasteiger partial charge in [-0.3, -0.25) is 9.69 Å². The van der Waals surface area contributed by atoms with E-state index < -0.39 is 11.9 Å². The number of carbonyl (C=O) groups excluding carboxylic acids is 1. The van der Waals surface area contributed by atoms with Gasteiger partial charge in [0.25, 0.3) is 0 Å². The van der Waals surface area contributed by atoms with E-state index in [1.165, 1.54) is 4.90 Å². The van der Waals surface area contributed by atoms with Gasteiger partial charge in [-0.25, -0.2) is 4.79 Å². The van der Waals surface area contributed by atoms with Crippen LogP contribution in [0.25, 0.3) is 0 Å². The first-order chi connectivity index (χ1) is 11.9. The molecule has 25 heavy (non-hydrogen) atoms. The molecule has 0 saturated carbocycles. The summed E-state index contributed by atoms with van der Waals surface area (Å²) in [5.74, 6) is -1.51. The number of carboxylic acids is 1. The van der Waals surface area contributed by atoms with E-state index in [0.717, 1.165) is 31.5 Å². The molecule has 2 atom stereocenters. The third kappa shape index (κ3) is 5.61. The van der Waals surface area contributed by atoms with Crippen molar-refractivity contribution in [1.29, 1.82) is 0 Å². The molecule has 1 saturated heterocycles. The molecule has 2 N–H and O–H groups in total. The quantitative estimate of drug-likeness (QED) is 0.777. The molecular formula is C18H26ClN3O3. The lowest BCUT2D eigenvalue weighted by atomic mass is 10.1. The zero-order valence-corrected chi connectivity index (χ0v) is 15.5. The third-order valence-corrected chi connectivity index (χ3v) is 4.81. The molecule has 1 aromatic carbocycles. The molecule has 1 heterocycles. The van der Waals surface area contributed by atoms with Crippen LogP contribution in [-0.2, 0) is 4.79 Å². The highest BCUT2D eigenvalue weighted by atomic mass is 35.5. The number of nitrogens with one attached hydrogen (secondary N) is 1. The number of nitrogens with zero attached hydrogens (tertiary/aromatic N) is 2. The fraction of sp³-hybridized carbons (Fsp3) is 0.556. The third-order valence-electron chi connectivity index (χ3n) is 4.58. The van der Waals surface area contributed by atoms with Gasteiger partial charge in [0.05, 0.1) is 12.0 Å². The summed E-state index contributed by atoms with van der Waals surface area (Å²) in [6, 6.07) is 7.52. The fourth-order valence-electron chi connectivity index (χ4n) is 3.12. The Morgan fingerprint density at radius 1 is 1.36 bits per heavy atom. The summed E-state index contributed by atoms with van der Waals surface area (Å²) >= 11 is 6.13. The number of amides is 2. The monoisotopic (exact) mass is 367 g/mol. The van der Waals surface area contributed by atoms with Crippen molar-refractivity contribution in [2.75, 3.05) is 33.2 Å². The highest BCUT2D eigenvalue weighted by Gasteiger charge is 2.25. The van der Waals surface area contributed by atoms with Crippen molar-refractivity contribution in [3.8, 4) is 0 Å². The Morgan fingerprint density at radius 3 is 2.64 bits per heavy atom. The lowest BCUT2D eigenvalue weighted by Crippen LogP contribution is -2.44. The van der Waals surface area contributed by atoms with Gasteiger partial charge in [0.2, 0.25) is 0 Å². The Morgan fingerprint density at radius 2 is 2.04 bits per heavy atom. The van der Waals surface area contributed by atoms with E-state index in [9.17, 15) is 9.59 Å². The smallest absolute Gasteiger partial charge is 0.317 e. The van der Waals surface area contributed by atoms with Crippen LogP contribution in [-0.4, -0.2) is 60.1 Å². The van der Waals surface area contributed by atoms with Crippen LogP contribution in [0.1, 0.15) is 31.4 Å². The summed E-state index contributed by atoms with van der Waals surface area (Å²) in [5.41, 5.74) is 1.08. The number of carboxylic acid groups (broad SMARTS) is 1. The molecule has 6 nitrogen and oxygen atoms in total. The minimum Gasteiger partial charge on any atom is -0.481 e. The number of halogens is 1. The lowest BCUT2D eigenvalue weighted by molar-refractivity contribution is -0.141. The van der Waals surface area contributed by atoms with Crippen molar-refractivity contribution in [2.45, 2.75) is 25.8 Å². The van der Waals surface area contributed by atoms with E-state index in [0.29, 0.717) is 11.6 Å². The summed E-state index contributed by atoms with van der Waals surface area (Å²) in [6.45, 7) is 4.22. The van der Waals surface area contributed by atoms with Gasteiger partial charge < -0.3 is 15.3 Å². The van der Waals surface area contributed by atoms with Gasteiger partial charge in [0, 0.05) is 25.2 Å². The van der Waals surface area contributed by atoms with Gasteiger partial charge >= 0.3 is 12.0 Å². The number of hydrogen-bond donors (Lipinski definition) is 2. The second-order valence-corrected chi connectivity index (χ2v) is 7.06. The number of hydrogen-bond acceptors (Lipinski definition) is 3. The van der Waals surface area contributed by atoms with Crippen LogP contribution in [0.4, 0.5) is 4.79 Å². The van der Waals surface area contributed by atoms with Gasteiger partial charge in [0.15, 0.2) is 0 Å². The Bertz CT molecular complexity index is 605. The maximum absolute atomic E-state index is 12.3. The van der Waals surface area contributed by atoms with Gasteiger partial charge in [-0.05, 0) is 43.6 Å². The Labute approximate surface area is 153 Å². The van der Waals surface area contributed by atoms with E-state index in [-0.39, 0.29) is 18.6 Å². The highest BCUT2D eigenvalue weighted by Crippen LogP contribution is 2.26. The predicted octanol–water partition coefficient (Wildman–Crippen LogP) is 2.84. The van der Waals surface area contributed by atoms with Crippen LogP contribution in [0.3, 0.4) is 0 Å². The number of benzene rings is 1. The lowest BCUT2D eigenvalue weighted by Gasteiger charge is -2.29. The van der Waals surface area contributed by atoms with Crippen LogP contribution in [0.5, 0.6) is 0 Å². The molecule has 138 valence electrons. The maximum Gasteiger partial charge on any atom is 0.317 e. The van der Waals surface area contributed by atoms with E-state index in [4.69, 9.17) is 16.7 Å². The number of urea groups is 1. The van der Waals surface area contributed by atoms with E-state index >= 15 is 0 Å². The highest BCUT2D eigenvalue weighted by molar-refractivity contribution is 6.30. The van der Waals surface area contributed by atoms with E-state index in [2.05, 4.69) is 10.2 Å². The Kier molecular flexibility index (Phi) is 7.08. The average Bonchev–Trinajstić information content (AvgIpc) is 3.09. The molecular weight excluding hydrogens is 342 g/mol. The molecule has 1 fully saturated rings. The number of aliphatic carboxylic acids is 1. The largest absolute Gasteiger partial charge is 0.481 e. The van der Waals surface area contributed by atoms with Gasteiger partial charge in [-0.15, -0.1) is 0 Å². The second kappa shape index (κ2) is 9.06. The fourth-order valence-corrected chi connectivity index (χ4v) is 3.31. The molecule has 0 bridgehead atoms. The summed E-state index contributed by atoms with van der Waals surface area (Å²) < 4.78 is 0. The van der Waals surface area contributed by atoms with Crippen LogP contribution < -0.4 is 5.32 Å². The SMILES string of the molecule is CC(CN(C)C(=O)NCC(c1cccc(Cl)c1)N1CCCC1)C(=O)O. The minimum atomic E-state index is -0.909. The summed E-state index contributed by atoms with van der Waals surface area (Å²) in [4.78, 5) is 27.0. The van der Waals surface area contributed by atoms with Crippen molar-refractivity contribution in [3.63, 3.8) is 0 Å². The number of likely N-dealkylation sites (tertiary alicyclic amines) is 1. The molecule has 1 aliphatic heterocycles. The molecule has 0 spiro atoms. The molecule has 7 heteroatoms. The molecule has 1 aliphatic rings. The van der Waals surface area contributed by atoms with Crippen LogP contribution >= 0.6 is 11.6 Å². The van der Waals surface area contributed by atoms with Crippen LogP contribution in [0.2, 0.25) is 5.02 Å². The average molecular weight is 368 g/mol.